The molecule has 1 aliphatic carbocycles. The van der Waals surface area contributed by atoms with Crippen LogP contribution < -0.4 is 0 Å². The van der Waals surface area contributed by atoms with Crippen LogP contribution in [-0.4, -0.2) is 15.6 Å². The maximum absolute atomic E-state index is 12.5. The molecule has 0 radical (unpaired) electrons. The quantitative estimate of drug-likeness (QED) is 0.593. The van der Waals surface area contributed by atoms with Crippen molar-refractivity contribution in [1.82, 2.24) is 9.78 Å². The van der Waals surface area contributed by atoms with Crippen LogP contribution in [0.2, 0.25) is 0 Å². The Kier molecular flexibility index (Phi) is 3.97. The van der Waals surface area contributed by atoms with Gasteiger partial charge in [-0.25, -0.2) is 0 Å². The summed E-state index contributed by atoms with van der Waals surface area (Å²) in [5, 5.41) is 4.36. The third-order valence-corrected chi connectivity index (χ3v) is 3.68. The number of carbonyl (C=O) groups excluding carboxylic acids is 1. The van der Waals surface area contributed by atoms with Crippen LogP contribution in [0.15, 0.2) is 6.07 Å². The second kappa shape index (κ2) is 5.48. The first-order valence-electron chi connectivity index (χ1n) is 6.81. The Balaban J connectivity index is 2.17. The molecule has 1 aromatic rings. The van der Waals surface area contributed by atoms with E-state index < -0.39 is 0 Å². The van der Waals surface area contributed by atoms with Gasteiger partial charge in [-0.15, -0.1) is 0 Å². The van der Waals surface area contributed by atoms with Gasteiger partial charge in [0.25, 0.3) is 0 Å². The Bertz CT molecular complexity index is 387. The molecule has 0 bridgehead atoms. The van der Waals surface area contributed by atoms with E-state index in [4.69, 9.17) is 0 Å². The van der Waals surface area contributed by atoms with Gasteiger partial charge in [0.15, 0.2) is 5.78 Å². The maximum atomic E-state index is 12.5. The highest BCUT2D eigenvalue weighted by Crippen LogP contribution is 2.26. The monoisotopic (exact) mass is 234 g/mol. The van der Waals surface area contributed by atoms with Gasteiger partial charge in [-0.2, -0.15) is 5.10 Å². The SMILES string of the molecule is CCn1nc(C)cc1C(=O)C1CCCCCC1. The fraction of sp³-hybridized carbons (Fsp3) is 0.714. The van der Waals surface area contributed by atoms with Gasteiger partial charge in [-0.1, -0.05) is 25.7 Å². The third-order valence-electron chi connectivity index (χ3n) is 3.68. The van der Waals surface area contributed by atoms with Gasteiger partial charge in [-0.05, 0) is 32.8 Å². The number of hydrogen-bond donors (Lipinski definition) is 0. The summed E-state index contributed by atoms with van der Waals surface area (Å²) in [6.45, 7) is 4.77. The molecule has 0 aromatic carbocycles. The van der Waals surface area contributed by atoms with Crippen molar-refractivity contribution in [2.24, 2.45) is 5.92 Å². The number of rotatable bonds is 3. The lowest BCUT2D eigenvalue weighted by Gasteiger charge is -2.13. The van der Waals surface area contributed by atoms with Crippen LogP contribution in [0.1, 0.15) is 61.6 Å². The highest BCUT2D eigenvalue weighted by Gasteiger charge is 2.24. The van der Waals surface area contributed by atoms with Crippen LogP contribution >= 0.6 is 0 Å². The summed E-state index contributed by atoms with van der Waals surface area (Å²) in [6, 6.07) is 1.94. The summed E-state index contributed by atoms with van der Waals surface area (Å²) in [6.07, 6.45) is 7.11. The Morgan fingerprint density at radius 2 is 2.00 bits per heavy atom. The predicted octanol–water partition coefficient (Wildman–Crippen LogP) is 3.36. The van der Waals surface area contributed by atoms with Crippen molar-refractivity contribution in [2.75, 3.05) is 0 Å². The van der Waals surface area contributed by atoms with Crippen LogP contribution in [0.4, 0.5) is 0 Å². The molecule has 1 heterocycles. The Morgan fingerprint density at radius 3 is 2.59 bits per heavy atom. The highest BCUT2D eigenvalue weighted by molar-refractivity contribution is 5.96. The lowest BCUT2D eigenvalue weighted by Crippen LogP contribution is -2.18. The largest absolute Gasteiger partial charge is 0.292 e. The molecule has 3 nitrogen and oxygen atoms in total. The molecule has 0 atom stereocenters. The van der Waals surface area contributed by atoms with E-state index in [1.165, 1.54) is 25.7 Å². The topological polar surface area (TPSA) is 34.9 Å². The van der Waals surface area contributed by atoms with Crippen molar-refractivity contribution in [3.63, 3.8) is 0 Å². The molecule has 0 amide bonds. The molecule has 1 aromatic heterocycles. The molecule has 0 unspecified atom stereocenters. The minimum Gasteiger partial charge on any atom is -0.292 e. The summed E-state index contributed by atoms with van der Waals surface area (Å²) in [5.41, 5.74) is 1.76. The van der Waals surface area contributed by atoms with Crippen molar-refractivity contribution in [3.05, 3.63) is 17.5 Å². The molecule has 0 aliphatic heterocycles. The Morgan fingerprint density at radius 1 is 1.35 bits per heavy atom. The fourth-order valence-electron chi connectivity index (χ4n) is 2.74. The first-order valence-corrected chi connectivity index (χ1v) is 6.81. The van der Waals surface area contributed by atoms with Crippen LogP contribution in [0.3, 0.4) is 0 Å². The van der Waals surface area contributed by atoms with Crippen LogP contribution in [-0.2, 0) is 6.54 Å². The number of carbonyl (C=O) groups is 1. The zero-order valence-electron chi connectivity index (χ0n) is 10.9. The molecular weight excluding hydrogens is 212 g/mol. The Labute approximate surface area is 103 Å². The van der Waals surface area contributed by atoms with Crippen LogP contribution in [0.25, 0.3) is 0 Å². The smallest absolute Gasteiger partial charge is 0.183 e. The number of nitrogens with zero attached hydrogens (tertiary/aromatic N) is 2. The molecule has 1 aliphatic rings. The average Bonchev–Trinajstić information content (AvgIpc) is 2.55. The highest BCUT2D eigenvalue weighted by atomic mass is 16.1. The molecule has 1 fully saturated rings. The minimum absolute atomic E-state index is 0.235. The van der Waals surface area contributed by atoms with Crippen molar-refractivity contribution in [1.29, 1.82) is 0 Å². The van der Waals surface area contributed by atoms with Gasteiger partial charge in [0.05, 0.1) is 5.69 Å². The third kappa shape index (κ3) is 2.76. The van der Waals surface area contributed by atoms with Crippen LogP contribution in [0.5, 0.6) is 0 Å². The van der Waals surface area contributed by atoms with Gasteiger partial charge in [0, 0.05) is 12.5 Å². The minimum atomic E-state index is 0.235. The zero-order chi connectivity index (χ0) is 12.3. The van der Waals surface area contributed by atoms with Gasteiger partial charge < -0.3 is 0 Å². The second-order valence-electron chi connectivity index (χ2n) is 5.04. The number of hydrogen-bond acceptors (Lipinski definition) is 2. The Hall–Kier alpha value is -1.12. The number of aromatic nitrogens is 2. The maximum Gasteiger partial charge on any atom is 0.183 e. The summed E-state index contributed by atoms with van der Waals surface area (Å²) in [7, 11) is 0. The predicted molar refractivity (Wildman–Crippen MR) is 68.2 cm³/mol. The van der Waals surface area contributed by atoms with E-state index in [1.54, 1.807) is 0 Å². The molecule has 0 N–H and O–H groups in total. The van der Waals surface area contributed by atoms with E-state index >= 15 is 0 Å². The van der Waals surface area contributed by atoms with E-state index in [9.17, 15) is 4.79 Å². The summed E-state index contributed by atoms with van der Waals surface area (Å²) < 4.78 is 1.85. The average molecular weight is 234 g/mol. The molecule has 17 heavy (non-hydrogen) atoms. The molecule has 94 valence electrons. The van der Waals surface area contributed by atoms with Gasteiger partial charge in [0.1, 0.15) is 5.69 Å². The van der Waals surface area contributed by atoms with Crippen molar-refractivity contribution < 1.29 is 4.79 Å². The first-order chi connectivity index (χ1) is 8.22. The summed E-state index contributed by atoms with van der Waals surface area (Å²) in [4.78, 5) is 12.5. The number of Topliss-reactive ketones (excluding diaryl/α,β-unsaturated/α-hetero) is 1. The van der Waals surface area contributed by atoms with E-state index in [1.807, 2.05) is 24.6 Å². The van der Waals surface area contributed by atoms with Gasteiger partial charge in [-0.3, -0.25) is 9.48 Å². The van der Waals surface area contributed by atoms with E-state index in [2.05, 4.69) is 5.10 Å². The lowest BCUT2D eigenvalue weighted by molar-refractivity contribution is 0.0897. The summed E-state index contributed by atoms with van der Waals surface area (Å²) >= 11 is 0. The molecule has 0 saturated heterocycles. The summed E-state index contributed by atoms with van der Waals surface area (Å²) in [5.74, 6) is 0.549. The fourth-order valence-corrected chi connectivity index (χ4v) is 2.74. The van der Waals surface area contributed by atoms with Crippen molar-refractivity contribution in [2.45, 2.75) is 58.9 Å². The molecule has 0 spiro atoms. The molecular formula is C14H22N2O. The van der Waals surface area contributed by atoms with E-state index in [-0.39, 0.29) is 5.92 Å². The van der Waals surface area contributed by atoms with Gasteiger partial charge in [0.2, 0.25) is 0 Å². The lowest BCUT2D eigenvalue weighted by atomic mass is 9.93. The van der Waals surface area contributed by atoms with E-state index in [0.29, 0.717) is 5.78 Å². The molecule has 2 rings (SSSR count). The number of aryl methyl sites for hydroxylation is 2. The first kappa shape index (κ1) is 12.3. The zero-order valence-corrected chi connectivity index (χ0v) is 10.9. The van der Waals surface area contributed by atoms with E-state index in [0.717, 1.165) is 30.8 Å². The van der Waals surface area contributed by atoms with Crippen LogP contribution in [0, 0.1) is 12.8 Å². The molecule has 3 heteroatoms. The van der Waals surface area contributed by atoms with Crippen molar-refractivity contribution in [3.8, 4) is 0 Å². The van der Waals surface area contributed by atoms with Gasteiger partial charge >= 0.3 is 0 Å². The normalized spacial score (nSPS) is 18.0. The second-order valence-corrected chi connectivity index (χ2v) is 5.04. The number of ketones is 1. The van der Waals surface area contributed by atoms with Crippen molar-refractivity contribution >= 4 is 5.78 Å². The standard InChI is InChI=1S/C14H22N2O/c1-3-16-13(10-11(2)15-16)14(17)12-8-6-4-5-7-9-12/h10,12H,3-9H2,1-2H3. The molecule has 1 saturated carbocycles.